The van der Waals surface area contributed by atoms with Gasteiger partial charge in [0.05, 0.1) is 36.1 Å². The molecule has 4 unspecified atom stereocenters. The van der Waals surface area contributed by atoms with Gasteiger partial charge in [-0.3, -0.25) is 4.79 Å². The summed E-state index contributed by atoms with van der Waals surface area (Å²) in [5, 5.41) is 37.3. The molecule has 6 aromatic heterocycles. The first-order valence-electron chi connectivity index (χ1n) is 18.6. The summed E-state index contributed by atoms with van der Waals surface area (Å²) in [5.41, 5.74) is 8.72. The number of nitrogens with two attached hydrogens (primary N) is 1. The number of aromatic nitrogens is 8. The third kappa shape index (κ3) is 7.27. The number of rotatable bonds is 8. The van der Waals surface area contributed by atoms with Crippen LogP contribution in [0.1, 0.15) is 82.1 Å². The summed E-state index contributed by atoms with van der Waals surface area (Å²) >= 11 is 0. The van der Waals surface area contributed by atoms with Gasteiger partial charge in [0.25, 0.3) is 0 Å². The quantitative estimate of drug-likeness (QED) is 0.122. The van der Waals surface area contributed by atoms with Gasteiger partial charge in [-0.1, -0.05) is 10.3 Å². The topological polar surface area (TPSA) is 263 Å². The number of H-pyrrole nitrogens is 2. The molecule has 55 heavy (non-hydrogen) atoms. The number of ketones is 1. The summed E-state index contributed by atoms with van der Waals surface area (Å²) in [6, 6.07) is 3.87. The molecular weight excluding hydrogens is 710 g/mol. The van der Waals surface area contributed by atoms with Crippen molar-refractivity contribution < 1.29 is 34.0 Å². The van der Waals surface area contributed by atoms with E-state index >= 15 is 0 Å². The second-order valence-electron chi connectivity index (χ2n) is 14.4. The van der Waals surface area contributed by atoms with Crippen molar-refractivity contribution in [1.82, 2.24) is 40.2 Å². The Kier molecular flexibility index (Phi) is 10.3. The average Bonchev–Trinajstić information content (AvgIpc) is 4.02. The second-order valence-corrected chi connectivity index (χ2v) is 14.4. The number of aromatic amines is 2. The molecular formula is C37H43N11O7. The molecule has 2 fully saturated rings. The molecule has 0 radical (unpaired) electrons. The third-order valence-corrected chi connectivity index (χ3v) is 11.2. The summed E-state index contributed by atoms with van der Waals surface area (Å²) in [6.45, 7) is 3.06. The van der Waals surface area contributed by atoms with Gasteiger partial charge in [-0.05, 0) is 62.6 Å². The molecule has 18 nitrogen and oxygen atoms in total. The van der Waals surface area contributed by atoms with E-state index in [1.807, 2.05) is 23.2 Å². The minimum Gasteiger partial charge on any atom is -0.476 e. The van der Waals surface area contributed by atoms with Gasteiger partial charge in [0, 0.05) is 55.9 Å². The molecule has 0 spiro atoms. The number of carboxylic acids is 1. The molecule has 8 heterocycles. The van der Waals surface area contributed by atoms with E-state index in [9.17, 15) is 14.7 Å². The van der Waals surface area contributed by atoms with Crippen LogP contribution in [0, 0.1) is 11.8 Å². The van der Waals surface area contributed by atoms with E-state index in [0.29, 0.717) is 74.8 Å². The van der Waals surface area contributed by atoms with Crippen LogP contribution >= 0.6 is 0 Å². The standard InChI is InChI=1S/C19H21N5O3.C13H11N5O3.C5H11NO/c25-14-3-1-11(14)2-4-15(26)17-13-9-24(8-6-16(13)27-23-17)19-12-5-7-20-18(12)21-10-22-19;19-13(20)10-8-5-18(4-2-9(8)21-17-10)12-7-1-3-14-11(7)15-6-16-12;6-3-4-1-2-5(4)7/h5,7,10-11,14,25H,1-4,6,8-9H2,(H,20,21,22);1,3,6H,2,4-5H2,(H,19,20)(H,14,15,16);4-5,7H,1-3,6H2. The predicted molar refractivity (Wildman–Crippen MR) is 197 cm³/mol. The molecule has 7 N–H and O–H groups in total. The molecule has 0 saturated heterocycles. The smallest absolute Gasteiger partial charge is 0.358 e. The van der Waals surface area contributed by atoms with E-state index in [2.05, 4.69) is 45.1 Å². The van der Waals surface area contributed by atoms with Crippen molar-refractivity contribution >= 4 is 45.5 Å². The fraction of sp³-hybridized carbons (Fsp3) is 0.459. The third-order valence-electron chi connectivity index (χ3n) is 11.2. The molecule has 18 heteroatoms. The Morgan fingerprint density at radius 2 is 1.29 bits per heavy atom. The van der Waals surface area contributed by atoms with Crippen molar-refractivity contribution in [3.05, 3.63) is 71.2 Å². The molecule has 2 aliphatic heterocycles. The minimum absolute atomic E-state index is 0.00423. The number of fused-ring (bicyclic) bond motifs is 4. The van der Waals surface area contributed by atoms with Gasteiger partial charge in [-0.25, -0.2) is 24.7 Å². The van der Waals surface area contributed by atoms with Crippen molar-refractivity contribution in [3.8, 4) is 0 Å². The molecule has 10 rings (SSSR count). The lowest BCUT2D eigenvalue weighted by Crippen LogP contribution is -2.36. The van der Waals surface area contributed by atoms with Gasteiger partial charge in [0.1, 0.15) is 47.1 Å². The van der Waals surface area contributed by atoms with Crippen molar-refractivity contribution in [2.24, 2.45) is 17.6 Å². The number of nitrogens with zero attached hydrogens (tertiary/aromatic N) is 8. The molecule has 2 aliphatic carbocycles. The van der Waals surface area contributed by atoms with Gasteiger partial charge in [-0.15, -0.1) is 0 Å². The summed E-state index contributed by atoms with van der Waals surface area (Å²) in [5.74, 6) is 2.65. The Balaban J connectivity index is 0.000000135. The van der Waals surface area contributed by atoms with Crippen LogP contribution < -0.4 is 15.5 Å². The van der Waals surface area contributed by atoms with Crippen LogP contribution in [-0.2, 0) is 25.9 Å². The van der Waals surface area contributed by atoms with E-state index in [0.717, 1.165) is 77.3 Å². The van der Waals surface area contributed by atoms with Gasteiger partial charge >= 0.3 is 5.97 Å². The van der Waals surface area contributed by atoms with Gasteiger partial charge in [0.2, 0.25) is 0 Å². The normalized spacial score (nSPS) is 21.4. The van der Waals surface area contributed by atoms with Crippen molar-refractivity contribution in [1.29, 1.82) is 0 Å². The number of aromatic carboxylic acids is 1. The molecule has 2 saturated carbocycles. The molecule has 0 amide bonds. The number of hydrogen-bond donors (Lipinski definition) is 6. The summed E-state index contributed by atoms with van der Waals surface area (Å²) in [7, 11) is 0. The second kappa shape index (κ2) is 15.6. The Labute approximate surface area is 314 Å². The Morgan fingerprint density at radius 3 is 1.75 bits per heavy atom. The van der Waals surface area contributed by atoms with Crippen LogP contribution in [0.4, 0.5) is 11.6 Å². The molecule has 6 aromatic rings. The lowest BCUT2D eigenvalue weighted by Gasteiger charge is -2.32. The Hall–Kier alpha value is -5.72. The summed E-state index contributed by atoms with van der Waals surface area (Å²) in [6.07, 6.45) is 12.7. The number of aliphatic hydroxyl groups excluding tert-OH is 2. The number of anilines is 2. The van der Waals surface area contributed by atoms with Crippen molar-refractivity contribution in [2.45, 2.75) is 76.7 Å². The highest BCUT2D eigenvalue weighted by Crippen LogP contribution is 2.34. The largest absolute Gasteiger partial charge is 0.476 e. The van der Waals surface area contributed by atoms with E-state index in [-0.39, 0.29) is 29.6 Å². The first-order chi connectivity index (χ1) is 26.8. The number of nitrogens with one attached hydrogen (secondary N) is 2. The highest BCUT2D eigenvalue weighted by molar-refractivity contribution is 5.96. The Morgan fingerprint density at radius 1 is 0.764 bits per heavy atom. The van der Waals surface area contributed by atoms with Crippen molar-refractivity contribution in [3.63, 3.8) is 0 Å². The molecule has 0 bridgehead atoms. The number of Topliss-reactive ketones (excluding diaryl/α,β-unsaturated/α-hetero) is 1. The highest BCUT2D eigenvalue weighted by atomic mass is 16.5. The zero-order valence-electron chi connectivity index (χ0n) is 30.1. The number of hydrogen-bond acceptors (Lipinski definition) is 15. The van der Waals surface area contributed by atoms with E-state index < -0.39 is 5.97 Å². The highest BCUT2D eigenvalue weighted by Gasteiger charge is 2.33. The summed E-state index contributed by atoms with van der Waals surface area (Å²) in [4.78, 5) is 51.3. The first-order valence-corrected chi connectivity index (χ1v) is 18.6. The number of carbonyl (C=O) groups excluding carboxylic acids is 1. The molecule has 4 atom stereocenters. The number of carboxylic acid groups (broad SMARTS) is 1. The van der Waals surface area contributed by atoms with Crippen LogP contribution in [0.25, 0.3) is 22.1 Å². The van der Waals surface area contributed by atoms with Crippen LogP contribution in [0.15, 0.2) is 46.2 Å². The lowest BCUT2D eigenvalue weighted by atomic mass is 9.78. The molecule has 288 valence electrons. The van der Waals surface area contributed by atoms with Crippen molar-refractivity contribution in [2.75, 3.05) is 29.4 Å². The van der Waals surface area contributed by atoms with Crippen LogP contribution in [0.5, 0.6) is 0 Å². The molecule has 0 aromatic carbocycles. The van der Waals surface area contributed by atoms with Gasteiger partial charge < -0.3 is 49.9 Å². The zero-order chi connectivity index (χ0) is 38.1. The zero-order valence-corrected chi connectivity index (χ0v) is 30.1. The van der Waals surface area contributed by atoms with Crippen LogP contribution in [0.2, 0.25) is 0 Å². The Bertz CT molecular complexity index is 2290. The van der Waals surface area contributed by atoms with Gasteiger partial charge in [-0.2, -0.15) is 0 Å². The average molecular weight is 754 g/mol. The maximum atomic E-state index is 12.7. The minimum atomic E-state index is -1.07. The van der Waals surface area contributed by atoms with Crippen LogP contribution in [-0.4, -0.2) is 99.1 Å². The van der Waals surface area contributed by atoms with E-state index in [1.54, 1.807) is 12.5 Å². The molecule has 4 aliphatic rings. The van der Waals surface area contributed by atoms with Crippen LogP contribution in [0.3, 0.4) is 0 Å². The van der Waals surface area contributed by atoms with Gasteiger partial charge in [0.15, 0.2) is 17.2 Å². The maximum Gasteiger partial charge on any atom is 0.358 e. The maximum absolute atomic E-state index is 12.7. The lowest BCUT2D eigenvalue weighted by molar-refractivity contribution is 0.0187. The number of aliphatic hydroxyl groups is 2. The van der Waals surface area contributed by atoms with E-state index in [4.69, 9.17) is 25.0 Å². The fourth-order valence-corrected chi connectivity index (χ4v) is 7.54. The van der Waals surface area contributed by atoms with E-state index in [1.165, 1.54) is 6.33 Å². The monoisotopic (exact) mass is 753 g/mol. The predicted octanol–water partition coefficient (Wildman–Crippen LogP) is 3.17. The first kappa shape index (κ1) is 36.3. The SMILES string of the molecule is NCC1CCC1O.O=C(CCC1CCC1O)c1noc2c1CN(c1ncnc3[nH]ccc13)CC2.O=C(O)c1noc2c1CN(c1ncnc3[nH]ccc13)CC2. The summed E-state index contributed by atoms with van der Waals surface area (Å²) < 4.78 is 10.6. The fourth-order valence-electron chi connectivity index (χ4n) is 7.54. The number of carbonyl (C=O) groups is 2.